The third kappa shape index (κ3) is 2.95. The van der Waals surface area contributed by atoms with Crippen molar-refractivity contribution in [3.63, 3.8) is 0 Å². The van der Waals surface area contributed by atoms with E-state index in [1.54, 1.807) is 0 Å². The van der Waals surface area contributed by atoms with E-state index in [0.717, 1.165) is 41.2 Å². The number of ether oxygens (including phenoxy) is 2. The standard InChI is InChI=1S/C19H21N3O3S/c1-11-7-22(13-3-4-13)8-14(11)20-18(23)15-9-26-19(21-15)12-2-5-16-17(6-12)25-10-24-16/h2,5-6,9,11,13-14H,3-4,7-8,10H2,1H3,(H,20,23). The highest BCUT2D eigenvalue weighted by molar-refractivity contribution is 7.13. The number of nitrogens with zero attached hydrogens (tertiary/aromatic N) is 2. The van der Waals surface area contributed by atoms with Gasteiger partial charge in [0.25, 0.3) is 5.91 Å². The van der Waals surface area contributed by atoms with Crippen LogP contribution in [0.25, 0.3) is 10.6 Å². The van der Waals surface area contributed by atoms with E-state index in [1.165, 1.54) is 24.2 Å². The van der Waals surface area contributed by atoms with Crippen LogP contribution in [-0.2, 0) is 0 Å². The van der Waals surface area contributed by atoms with E-state index < -0.39 is 0 Å². The Morgan fingerprint density at radius 2 is 2.12 bits per heavy atom. The lowest BCUT2D eigenvalue weighted by atomic mass is 10.1. The fraction of sp³-hybridized carbons (Fsp3) is 0.474. The van der Waals surface area contributed by atoms with Crippen molar-refractivity contribution in [2.45, 2.75) is 31.8 Å². The van der Waals surface area contributed by atoms with E-state index in [4.69, 9.17) is 9.47 Å². The van der Waals surface area contributed by atoms with E-state index in [1.807, 2.05) is 23.6 Å². The summed E-state index contributed by atoms with van der Waals surface area (Å²) in [7, 11) is 0. The van der Waals surface area contributed by atoms with Gasteiger partial charge in [-0.05, 0) is 37.0 Å². The van der Waals surface area contributed by atoms with Crippen LogP contribution < -0.4 is 14.8 Å². The Hall–Kier alpha value is -2.12. The first-order valence-corrected chi connectivity index (χ1v) is 9.96. The molecule has 1 saturated carbocycles. The van der Waals surface area contributed by atoms with Crippen molar-refractivity contribution in [1.82, 2.24) is 15.2 Å². The van der Waals surface area contributed by atoms with E-state index in [9.17, 15) is 4.79 Å². The molecule has 2 unspecified atom stereocenters. The monoisotopic (exact) mass is 371 g/mol. The Morgan fingerprint density at radius 3 is 2.96 bits per heavy atom. The van der Waals surface area contributed by atoms with E-state index in [0.29, 0.717) is 11.6 Å². The lowest BCUT2D eigenvalue weighted by Crippen LogP contribution is -2.40. The molecule has 7 heteroatoms. The fourth-order valence-electron chi connectivity index (χ4n) is 3.71. The zero-order chi connectivity index (χ0) is 17.7. The second-order valence-electron chi connectivity index (χ2n) is 7.35. The number of carbonyl (C=O) groups is 1. The molecular weight excluding hydrogens is 350 g/mol. The number of benzene rings is 1. The predicted octanol–water partition coefficient (Wildman–Crippen LogP) is 2.75. The molecule has 136 valence electrons. The SMILES string of the molecule is CC1CN(C2CC2)CC1NC(=O)c1csc(-c2ccc3c(c2)OCO3)n1. The maximum atomic E-state index is 12.6. The summed E-state index contributed by atoms with van der Waals surface area (Å²) in [5.41, 5.74) is 1.42. The number of amides is 1. The molecule has 2 aromatic rings. The van der Waals surface area contributed by atoms with Crippen molar-refractivity contribution in [1.29, 1.82) is 0 Å². The molecule has 1 amide bonds. The molecule has 5 rings (SSSR count). The third-order valence-electron chi connectivity index (χ3n) is 5.38. The number of hydrogen-bond acceptors (Lipinski definition) is 6. The van der Waals surface area contributed by atoms with Gasteiger partial charge in [0.05, 0.1) is 0 Å². The van der Waals surface area contributed by atoms with E-state index in [2.05, 4.69) is 22.1 Å². The molecule has 2 fully saturated rings. The summed E-state index contributed by atoms with van der Waals surface area (Å²) in [5, 5.41) is 5.82. The number of aromatic nitrogens is 1. The topological polar surface area (TPSA) is 63.7 Å². The van der Waals surface area contributed by atoms with E-state index >= 15 is 0 Å². The van der Waals surface area contributed by atoms with Crippen LogP contribution in [0.1, 0.15) is 30.3 Å². The van der Waals surface area contributed by atoms with Gasteiger partial charge in [-0.3, -0.25) is 9.69 Å². The Morgan fingerprint density at radius 1 is 1.27 bits per heavy atom. The lowest BCUT2D eigenvalue weighted by molar-refractivity contribution is 0.0927. The molecule has 3 aliphatic rings. The van der Waals surface area contributed by atoms with Gasteiger partial charge in [-0.15, -0.1) is 11.3 Å². The molecule has 1 aromatic heterocycles. The zero-order valence-electron chi connectivity index (χ0n) is 14.6. The minimum absolute atomic E-state index is 0.0808. The smallest absolute Gasteiger partial charge is 0.271 e. The van der Waals surface area contributed by atoms with Gasteiger partial charge in [0.15, 0.2) is 11.5 Å². The van der Waals surface area contributed by atoms with Gasteiger partial charge in [-0.2, -0.15) is 0 Å². The Kier molecular flexibility index (Phi) is 3.86. The summed E-state index contributed by atoms with van der Waals surface area (Å²) in [6.45, 7) is 4.50. The van der Waals surface area contributed by atoms with Crippen LogP contribution in [0, 0.1) is 5.92 Å². The molecule has 0 spiro atoms. The van der Waals surface area contributed by atoms with Gasteiger partial charge in [0.2, 0.25) is 6.79 Å². The van der Waals surface area contributed by atoms with Crippen LogP contribution in [0.4, 0.5) is 0 Å². The molecular formula is C19H21N3O3S. The number of rotatable bonds is 4. The highest BCUT2D eigenvalue weighted by atomic mass is 32.1. The quantitative estimate of drug-likeness (QED) is 0.895. The number of carbonyl (C=O) groups excluding carboxylic acids is 1. The number of hydrogen-bond donors (Lipinski definition) is 1. The highest BCUT2D eigenvalue weighted by Gasteiger charge is 2.38. The van der Waals surface area contributed by atoms with Gasteiger partial charge >= 0.3 is 0 Å². The number of thiazole rings is 1. The van der Waals surface area contributed by atoms with Crippen LogP contribution >= 0.6 is 11.3 Å². The Bertz CT molecular complexity index is 848. The predicted molar refractivity (Wildman–Crippen MR) is 98.7 cm³/mol. The van der Waals surface area contributed by atoms with Crippen molar-refractivity contribution >= 4 is 17.2 Å². The molecule has 3 heterocycles. The molecule has 2 atom stereocenters. The second-order valence-corrected chi connectivity index (χ2v) is 8.21. The summed E-state index contributed by atoms with van der Waals surface area (Å²) in [6, 6.07) is 6.69. The number of nitrogens with one attached hydrogen (secondary N) is 1. The fourth-order valence-corrected chi connectivity index (χ4v) is 4.51. The molecule has 0 radical (unpaired) electrons. The van der Waals surface area contributed by atoms with Crippen LogP contribution in [0.5, 0.6) is 11.5 Å². The first-order chi connectivity index (χ1) is 12.7. The number of likely N-dealkylation sites (tertiary alicyclic amines) is 1. The van der Waals surface area contributed by atoms with Crippen molar-refractivity contribution in [2.75, 3.05) is 19.9 Å². The maximum Gasteiger partial charge on any atom is 0.271 e. The first kappa shape index (κ1) is 16.1. The van der Waals surface area contributed by atoms with Crippen molar-refractivity contribution in [2.24, 2.45) is 5.92 Å². The summed E-state index contributed by atoms with van der Waals surface area (Å²) in [4.78, 5) is 19.7. The average Bonchev–Trinajstić information content (AvgIpc) is 3.05. The molecule has 1 aromatic carbocycles. The Labute approximate surface area is 156 Å². The van der Waals surface area contributed by atoms with Gasteiger partial charge in [-0.1, -0.05) is 6.92 Å². The van der Waals surface area contributed by atoms with Crippen LogP contribution in [0.3, 0.4) is 0 Å². The molecule has 6 nitrogen and oxygen atoms in total. The molecule has 2 aliphatic heterocycles. The molecule has 1 N–H and O–H groups in total. The van der Waals surface area contributed by atoms with Crippen molar-refractivity contribution in [3.05, 3.63) is 29.3 Å². The summed E-state index contributed by atoms with van der Waals surface area (Å²) in [6.07, 6.45) is 2.61. The molecule has 1 saturated heterocycles. The highest BCUT2D eigenvalue weighted by Crippen LogP contribution is 2.37. The minimum Gasteiger partial charge on any atom is -0.454 e. The third-order valence-corrected chi connectivity index (χ3v) is 6.27. The molecule has 0 bridgehead atoms. The second kappa shape index (κ2) is 6.25. The maximum absolute atomic E-state index is 12.6. The lowest BCUT2D eigenvalue weighted by Gasteiger charge is -2.16. The normalized spacial score (nSPS) is 24.8. The van der Waals surface area contributed by atoms with Gasteiger partial charge in [0.1, 0.15) is 10.7 Å². The van der Waals surface area contributed by atoms with E-state index in [-0.39, 0.29) is 18.7 Å². The summed E-state index contributed by atoms with van der Waals surface area (Å²) >= 11 is 1.47. The largest absolute Gasteiger partial charge is 0.454 e. The van der Waals surface area contributed by atoms with Crippen LogP contribution in [0.15, 0.2) is 23.6 Å². The number of fused-ring (bicyclic) bond motifs is 1. The molecule has 26 heavy (non-hydrogen) atoms. The minimum atomic E-state index is -0.0808. The average molecular weight is 371 g/mol. The van der Waals surface area contributed by atoms with Gasteiger partial charge in [0, 0.05) is 36.1 Å². The zero-order valence-corrected chi connectivity index (χ0v) is 15.4. The van der Waals surface area contributed by atoms with Gasteiger partial charge < -0.3 is 14.8 Å². The van der Waals surface area contributed by atoms with Crippen molar-refractivity contribution < 1.29 is 14.3 Å². The van der Waals surface area contributed by atoms with Gasteiger partial charge in [-0.25, -0.2) is 4.98 Å². The van der Waals surface area contributed by atoms with Crippen LogP contribution in [-0.4, -0.2) is 47.8 Å². The molecule has 1 aliphatic carbocycles. The summed E-state index contributed by atoms with van der Waals surface area (Å²) < 4.78 is 10.8. The van der Waals surface area contributed by atoms with Crippen LogP contribution in [0.2, 0.25) is 0 Å². The van der Waals surface area contributed by atoms with Crippen molar-refractivity contribution in [3.8, 4) is 22.1 Å². The first-order valence-electron chi connectivity index (χ1n) is 9.08. The summed E-state index contributed by atoms with van der Waals surface area (Å²) in [5.74, 6) is 1.87. The Balaban J connectivity index is 1.28.